The van der Waals surface area contributed by atoms with Crippen LogP contribution in [0.4, 0.5) is 11.4 Å². The van der Waals surface area contributed by atoms with E-state index in [1.54, 1.807) is 0 Å². The van der Waals surface area contributed by atoms with E-state index in [0.29, 0.717) is 10.6 Å². The van der Waals surface area contributed by atoms with Gasteiger partial charge in [-0.25, -0.2) is 0 Å². The van der Waals surface area contributed by atoms with Crippen LogP contribution in [0.25, 0.3) is 0 Å². The highest BCUT2D eigenvalue weighted by atomic mass is 79.9. The molecule has 0 atom stereocenters. The number of anilines is 2. The number of nitrogens with one attached hydrogen (secondary N) is 1. The minimum absolute atomic E-state index is 0.565. The average Bonchev–Trinajstić information content (AvgIpc) is 2.35. The van der Waals surface area contributed by atoms with Crippen molar-refractivity contribution in [3.05, 3.63) is 57.0 Å². The van der Waals surface area contributed by atoms with Crippen LogP contribution in [0, 0.1) is 18.3 Å². The molecule has 0 unspecified atom stereocenters. The van der Waals surface area contributed by atoms with Gasteiger partial charge in [0.1, 0.15) is 6.07 Å². The van der Waals surface area contributed by atoms with E-state index >= 15 is 0 Å². The van der Waals surface area contributed by atoms with Crippen molar-refractivity contribution in [3.8, 4) is 6.07 Å². The Kier molecular flexibility index (Phi) is 3.90. The molecule has 18 heavy (non-hydrogen) atoms. The third-order valence-corrected chi connectivity index (χ3v) is 3.75. The molecule has 1 N–H and O–H groups in total. The fourth-order valence-corrected chi connectivity index (χ4v) is 2.26. The summed E-state index contributed by atoms with van der Waals surface area (Å²) in [4.78, 5) is 0. The van der Waals surface area contributed by atoms with Crippen LogP contribution < -0.4 is 5.32 Å². The summed E-state index contributed by atoms with van der Waals surface area (Å²) in [6, 6.07) is 13.5. The van der Waals surface area contributed by atoms with Gasteiger partial charge in [0.25, 0.3) is 0 Å². The van der Waals surface area contributed by atoms with Crippen molar-refractivity contribution in [3.63, 3.8) is 0 Å². The molecule has 0 radical (unpaired) electrons. The van der Waals surface area contributed by atoms with Gasteiger partial charge in [-0.1, -0.05) is 29.8 Å². The molecular formula is C14H10BrClN2. The molecule has 0 saturated heterocycles. The summed E-state index contributed by atoms with van der Waals surface area (Å²) in [5.41, 5.74) is 3.09. The summed E-state index contributed by atoms with van der Waals surface area (Å²) in [5, 5.41) is 13.0. The molecule has 0 spiro atoms. The van der Waals surface area contributed by atoms with E-state index in [9.17, 15) is 0 Å². The summed E-state index contributed by atoms with van der Waals surface area (Å²) in [6.45, 7) is 1.94. The van der Waals surface area contributed by atoms with E-state index in [1.807, 2.05) is 43.3 Å². The van der Waals surface area contributed by atoms with Gasteiger partial charge < -0.3 is 5.32 Å². The molecule has 2 aromatic rings. The van der Waals surface area contributed by atoms with Crippen LogP contribution in [0.3, 0.4) is 0 Å². The Hall–Kier alpha value is -1.50. The topological polar surface area (TPSA) is 35.8 Å². The van der Waals surface area contributed by atoms with Crippen molar-refractivity contribution < 1.29 is 0 Å². The fourth-order valence-electron chi connectivity index (χ4n) is 1.63. The Labute approximate surface area is 119 Å². The number of halogens is 2. The van der Waals surface area contributed by atoms with Gasteiger partial charge in [0.2, 0.25) is 0 Å². The standard InChI is InChI=1S/C14H10BrClN2/c1-9-4-2-7-13(14(9)16)18-12-6-3-5-11(15)10(12)8-17/h2-7,18H,1H3. The van der Waals surface area contributed by atoms with E-state index in [4.69, 9.17) is 16.9 Å². The van der Waals surface area contributed by atoms with E-state index in [2.05, 4.69) is 27.3 Å². The van der Waals surface area contributed by atoms with Crippen molar-refractivity contribution in [1.29, 1.82) is 5.26 Å². The zero-order chi connectivity index (χ0) is 13.1. The van der Waals surface area contributed by atoms with Crippen LogP contribution >= 0.6 is 27.5 Å². The predicted octanol–water partition coefficient (Wildman–Crippen LogP) is 5.03. The van der Waals surface area contributed by atoms with Gasteiger partial charge in [-0.2, -0.15) is 5.26 Å². The van der Waals surface area contributed by atoms with Gasteiger partial charge >= 0.3 is 0 Å². The Balaban J connectivity index is 2.44. The van der Waals surface area contributed by atoms with Crippen molar-refractivity contribution >= 4 is 38.9 Å². The van der Waals surface area contributed by atoms with Crippen LogP contribution in [0.1, 0.15) is 11.1 Å². The molecule has 2 aromatic carbocycles. The molecule has 90 valence electrons. The predicted molar refractivity (Wildman–Crippen MR) is 78.3 cm³/mol. The molecule has 0 amide bonds. The molecule has 2 rings (SSSR count). The van der Waals surface area contributed by atoms with E-state index in [1.165, 1.54) is 0 Å². The lowest BCUT2D eigenvalue weighted by Crippen LogP contribution is -1.95. The van der Waals surface area contributed by atoms with Crippen LogP contribution in [-0.4, -0.2) is 0 Å². The third kappa shape index (κ3) is 2.50. The van der Waals surface area contributed by atoms with Crippen LogP contribution in [-0.2, 0) is 0 Å². The Morgan fingerprint density at radius 2 is 1.83 bits per heavy atom. The maximum absolute atomic E-state index is 9.15. The molecule has 2 nitrogen and oxygen atoms in total. The molecule has 0 aliphatic heterocycles. The summed E-state index contributed by atoms with van der Waals surface area (Å²) >= 11 is 9.58. The smallest absolute Gasteiger partial charge is 0.103 e. The number of rotatable bonds is 2. The lowest BCUT2D eigenvalue weighted by Gasteiger charge is -2.11. The molecule has 0 aliphatic rings. The second-order valence-electron chi connectivity index (χ2n) is 3.84. The first kappa shape index (κ1) is 12.9. The maximum Gasteiger partial charge on any atom is 0.103 e. The average molecular weight is 322 g/mol. The first-order valence-electron chi connectivity index (χ1n) is 5.34. The number of benzene rings is 2. The number of aryl methyl sites for hydroxylation is 1. The largest absolute Gasteiger partial charge is 0.353 e. The van der Waals surface area contributed by atoms with Crippen molar-refractivity contribution in [1.82, 2.24) is 0 Å². The van der Waals surface area contributed by atoms with Gasteiger partial charge in [-0.3, -0.25) is 0 Å². The van der Waals surface area contributed by atoms with Gasteiger partial charge in [-0.05, 0) is 46.6 Å². The zero-order valence-electron chi connectivity index (χ0n) is 9.67. The van der Waals surface area contributed by atoms with Crippen LogP contribution in [0.2, 0.25) is 5.02 Å². The van der Waals surface area contributed by atoms with E-state index in [-0.39, 0.29) is 0 Å². The molecule has 0 bridgehead atoms. The van der Waals surface area contributed by atoms with Gasteiger partial charge in [0, 0.05) is 4.47 Å². The van der Waals surface area contributed by atoms with Crippen molar-refractivity contribution in [2.75, 3.05) is 5.32 Å². The van der Waals surface area contributed by atoms with Crippen molar-refractivity contribution in [2.45, 2.75) is 6.92 Å². The highest BCUT2D eigenvalue weighted by Crippen LogP contribution is 2.31. The SMILES string of the molecule is Cc1cccc(Nc2cccc(Br)c2C#N)c1Cl. The molecule has 0 aliphatic carbocycles. The number of hydrogen-bond donors (Lipinski definition) is 1. The maximum atomic E-state index is 9.15. The van der Waals surface area contributed by atoms with E-state index in [0.717, 1.165) is 21.4 Å². The third-order valence-electron chi connectivity index (χ3n) is 2.59. The number of nitrogens with zero attached hydrogens (tertiary/aromatic N) is 1. The Morgan fingerprint density at radius 3 is 2.56 bits per heavy atom. The monoisotopic (exact) mass is 320 g/mol. The summed E-state index contributed by atoms with van der Waals surface area (Å²) in [7, 11) is 0. The fraction of sp³-hybridized carbons (Fsp3) is 0.0714. The first-order chi connectivity index (χ1) is 8.63. The molecule has 0 fully saturated rings. The lowest BCUT2D eigenvalue weighted by molar-refractivity contribution is 1.42. The second kappa shape index (κ2) is 5.43. The number of nitriles is 1. The molecular weight excluding hydrogens is 312 g/mol. The first-order valence-corrected chi connectivity index (χ1v) is 6.51. The normalized spacial score (nSPS) is 9.89. The van der Waals surface area contributed by atoms with Crippen molar-refractivity contribution in [2.24, 2.45) is 0 Å². The number of hydrogen-bond acceptors (Lipinski definition) is 2. The summed E-state index contributed by atoms with van der Waals surface area (Å²) in [6.07, 6.45) is 0. The summed E-state index contributed by atoms with van der Waals surface area (Å²) < 4.78 is 0.763. The minimum Gasteiger partial charge on any atom is -0.353 e. The van der Waals surface area contributed by atoms with Gasteiger partial charge in [0.05, 0.1) is 22.0 Å². The van der Waals surface area contributed by atoms with Gasteiger partial charge in [-0.15, -0.1) is 0 Å². The molecule has 0 aromatic heterocycles. The Bertz CT molecular complexity index is 632. The quantitative estimate of drug-likeness (QED) is 0.842. The Morgan fingerprint density at radius 1 is 1.17 bits per heavy atom. The molecule has 0 saturated carbocycles. The minimum atomic E-state index is 0.565. The zero-order valence-corrected chi connectivity index (χ0v) is 12.0. The lowest BCUT2D eigenvalue weighted by atomic mass is 10.1. The summed E-state index contributed by atoms with van der Waals surface area (Å²) in [5.74, 6) is 0. The highest BCUT2D eigenvalue weighted by Gasteiger charge is 2.08. The van der Waals surface area contributed by atoms with E-state index < -0.39 is 0 Å². The molecule has 0 heterocycles. The molecule has 4 heteroatoms. The van der Waals surface area contributed by atoms with Crippen LogP contribution in [0.5, 0.6) is 0 Å². The highest BCUT2D eigenvalue weighted by molar-refractivity contribution is 9.10. The van der Waals surface area contributed by atoms with Gasteiger partial charge in [0.15, 0.2) is 0 Å². The second-order valence-corrected chi connectivity index (χ2v) is 5.07. The van der Waals surface area contributed by atoms with Crippen LogP contribution in [0.15, 0.2) is 40.9 Å².